The Kier molecular flexibility index (Phi) is 1.69. The molecule has 1 fully saturated rings. The molecule has 0 aromatic heterocycles. The van der Waals surface area contributed by atoms with Gasteiger partial charge < -0.3 is 0 Å². The Bertz CT molecular complexity index is 114. The Balaban J connectivity index is 2.60. The lowest BCUT2D eigenvalue weighted by molar-refractivity contribution is -0.404. The van der Waals surface area contributed by atoms with Gasteiger partial charge in [0.1, 0.15) is 5.41 Å². The van der Waals surface area contributed by atoms with E-state index in [1.54, 1.807) is 0 Å². The van der Waals surface area contributed by atoms with E-state index in [0.717, 1.165) is 0 Å². The highest BCUT2D eigenvalue weighted by molar-refractivity contribution is 4.98. The molecule has 0 aromatic carbocycles. The number of alkyl halides is 4. The van der Waals surface area contributed by atoms with Gasteiger partial charge in [0, 0.05) is 0 Å². The summed E-state index contributed by atoms with van der Waals surface area (Å²) in [5.74, 6) is 0. The topological polar surface area (TPSA) is 0 Å². The molecule has 0 N–H and O–H groups in total. The first-order valence-electron chi connectivity index (χ1n) is 2.67. The summed E-state index contributed by atoms with van der Waals surface area (Å²) in [4.78, 5) is 0. The van der Waals surface area contributed by atoms with Gasteiger partial charge in [-0.25, -0.2) is 0 Å². The van der Waals surface area contributed by atoms with Crippen molar-refractivity contribution in [2.24, 2.45) is 5.41 Å². The Morgan fingerprint density at radius 2 is 1.78 bits per heavy atom. The maximum absolute atomic E-state index is 11.9. The molecule has 0 aliphatic heterocycles. The average molecular weight is 251 g/mol. The van der Waals surface area contributed by atoms with Gasteiger partial charge in [0.25, 0.3) is 22.6 Å². The van der Waals surface area contributed by atoms with Gasteiger partial charge >= 0.3 is 6.18 Å². The maximum atomic E-state index is 11.9. The molecular weight excluding hydrogens is 244 g/mol. The van der Waals surface area contributed by atoms with Crippen LogP contribution in [0.5, 0.6) is 0 Å². The standard InChI is InChI=1S/C5H7F3I/c6-5(7,8)4(3-9)1-2-4/h9H,1-3H2/q+1. The first-order valence-corrected chi connectivity index (χ1v) is 4.31. The van der Waals surface area contributed by atoms with Crippen LogP contribution in [-0.2, 0) is 0 Å². The zero-order valence-electron chi connectivity index (χ0n) is 4.66. The molecule has 9 heavy (non-hydrogen) atoms. The third kappa shape index (κ3) is 1.18. The van der Waals surface area contributed by atoms with Crippen molar-refractivity contribution in [3.8, 4) is 0 Å². The van der Waals surface area contributed by atoms with Crippen LogP contribution in [0.15, 0.2) is 0 Å². The fraction of sp³-hybridized carbons (Fsp3) is 1.00. The van der Waals surface area contributed by atoms with Crippen molar-refractivity contribution in [2.75, 3.05) is 4.43 Å². The monoisotopic (exact) mass is 251 g/mol. The van der Waals surface area contributed by atoms with Crippen molar-refractivity contribution < 1.29 is 35.8 Å². The number of rotatable bonds is 1. The summed E-state index contributed by atoms with van der Waals surface area (Å²) in [6.07, 6.45) is -3.25. The molecule has 0 aromatic rings. The molecule has 0 nitrogen and oxygen atoms in total. The van der Waals surface area contributed by atoms with Crippen LogP contribution in [-0.4, -0.2) is 10.6 Å². The predicted molar refractivity (Wildman–Crippen MR) is 24.0 cm³/mol. The first-order chi connectivity index (χ1) is 4.02. The lowest BCUT2D eigenvalue weighted by Gasteiger charge is -2.11. The Morgan fingerprint density at radius 3 is 1.78 bits per heavy atom. The summed E-state index contributed by atoms with van der Waals surface area (Å²) in [5, 5.41) is 0. The molecule has 0 saturated heterocycles. The second-order valence-electron chi connectivity index (χ2n) is 2.42. The minimum atomic E-state index is -3.94. The SMILES string of the molecule is FC(F)(F)C1(C[IH+])CC1. The van der Waals surface area contributed by atoms with Gasteiger partial charge in [-0.05, 0) is 12.8 Å². The summed E-state index contributed by atoms with van der Waals surface area (Å²) in [6, 6.07) is 0. The summed E-state index contributed by atoms with van der Waals surface area (Å²) >= 11 is 1.53. The fourth-order valence-electron chi connectivity index (χ4n) is 0.661. The van der Waals surface area contributed by atoms with E-state index in [1.807, 2.05) is 0 Å². The van der Waals surface area contributed by atoms with E-state index in [0.29, 0.717) is 12.8 Å². The van der Waals surface area contributed by atoms with E-state index in [2.05, 4.69) is 0 Å². The number of hydrogen-bond acceptors (Lipinski definition) is 0. The lowest BCUT2D eigenvalue weighted by atomic mass is 10.1. The minimum absolute atomic E-state index is 0.257. The van der Waals surface area contributed by atoms with Crippen LogP contribution in [0.2, 0.25) is 0 Å². The second kappa shape index (κ2) is 2.00. The van der Waals surface area contributed by atoms with Crippen molar-refractivity contribution >= 4 is 0 Å². The van der Waals surface area contributed by atoms with Crippen LogP contribution in [0.4, 0.5) is 13.2 Å². The zero-order chi connectivity index (χ0) is 7.12. The maximum Gasteiger partial charge on any atom is 0.398 e. The molecule has 1 aliphatic carbocycles. The van der Waals surface area contributed by atoms with Crippen molar-refractivity contribution in [1.29, 1.82) is 0 Å². The molecule has 0 radical (unpaired) electrons. The number of halogens is 4. The molecule has 1 saturated carbocycles. The minimum Gasteiger partial charge on any atom is -0.170 e. The third-order valence-corrected chi connectivity index (χ3v) is 3.31. The van der Waals surface area contributed by atoms with Gasteiger partial charge in [-0.1, -0.05) is 0 Å². The average Bonchev–Trinajstić information content (AvgIpc) is 2.40. The molecule has 0 atom stereocenters. The van der Waals surface area contributed by atoms with Gasteiger partial charge in [-0.15, -0.1) is 0 Å². The smallest absolute Gasteiger partial charge is 0.170 e. The molecule has 4 heteroatoms. The van der Waals surface area contributed by atoms with Crippen LogP contribution in [0.1, 0.15) is 12.8 Å². The lowest BCUT2D eigenvalue weighted by Crippen LogP contribution is -3.36. The molecule has 0 heterocycles. The molecular formula is C5H7F3I+. The molecule has 54 valence electrons. The van der Waals surface area contributed by atoms with Crippen molar-refractivity contribution in [2.45, 2.75) is 19.0 Å². The highest BCUT2D eigenvalue weighted by atomic mass is 127. The summed E-state index contributed by atoms with van der Waals surface area (Å²) in [5.41, 5.74) is -1.27. The van der Waals surface area contributed by atoms with Crippen LogP contribution in [0, 0.1) is 5.41 Å². The molecule has 1 rings (SSSR count). The summed E-state index contributed by atoms with van der Waals surface area (Å²) in [7, 11) is 0. The molecule has 0 amide bonds. The Labute approximate surface area is 65.0 Å². The summed E-state index contributed by atoms with van der Waals surface area (Å²) < 4.78 is 36.0. The van der Waals surface area contributed by atoms with E-state index in [4.69, 9.17) is 0 Å². The highest BCUT2D eigenvalue weighted by Gasteiger charge is 2.64. The van der Waals surface area contributed by atoms with Crippen LogP contribution >= 0.6 is 0 Å². The highest BCUT2D eigenvalue weighted by Crippen LogP contribution is 2.55. The van der Waals surface area contributed by atoms with Gasteiger partial charge in [-0.3, -0.25) is 0 Å². The fourth-order valence-corrected chi connectivity index (χ4v) is 1.95. The normalized spacial score (nSPS) is 24.0. The van der Waals surface area contributed by atoms with Crippen LogP contribution in [0.25, 0.3) is 0 Å². The van der Waals surface area contributed by atoms with E-state index < -0.39 is 11.6 Å². The van der Waals surface area contributed by atoms with Crippen LogP contribution in [0.3, 0.4) is 0 Å². The van der Waals surface area contributed by atoms with Gasteiger partial charge in [0.2, 0.25) is 0 Å². The first kappa shape index (κ1) is 7.63. The van der Waals surface area contributed by atoms with Crippen molar-refractivity contribution in [1.82, 2.24) is 0 Å². The van der Waals surface area contributed by atoms with E-state index in [-0.39, 0.29) is 4.43 Å². The van der Waals surface area contributed by atoms with E-state index in [9.17, 15) is 13.2 Å². The predicted octanol–water partition coefficient (Wildman–Crippen LogP) is -1.39. The van der Waals surface area contributed by atoms with Crippen LogP contribution < -0.4 is 22.6 Å². The van der Waals surface area contributed by atoms with Gasteiger partial charge in [0.05, 0.1) is 0 Å². The van der Waals surface area contributed by atoms with E-state index in [1.165, 1.54) is 22.6 Å². The molecule has 0 unspecified atom stereocenters. The molecule has 0 bridgehead atoms. The van der Waals surface area contributed by atoms with Gasteiger partial charge in [-0.2, -0.15) is 13.2 Å². The molecule has 0 spiro atoms. The molecule has 1 aliphatic rings. The largest absolute Gasteiger partial charge is 0.398 e. The zero-order valence-corrected chi connectivity index (χ0v) is 6.99. The Hall–Kier alpha value is 0.520. The summed E-state index contributed by atoms with van der Waals surface area (Å²) in [6.45, 7) is 0. The third-order valence-electron chi connectivity index (χ3n) is 1.73. The van der Waals surface area contributed by atoms with E-state index >= 15 is 0 Å². The van der Waals surface area contributed by atoms with Crippen molar-refractivity contribution in [3.63, 3.8) is 0 Å². The second-order valence-corrected chi connectivity index (χ2v) is 3.25. The number of hydrogen-bond donors (Lipinski definition) is 0. The quantitative estimate of drug-likeness (QED) is 0.398. The Morgan fingerprint density at radius 1 is 1.33 bits per heavy atom. The van der Waals surface area contributed by atoms with Gasteiger partial charge in [0.15, 0.2) is 4.43 Å². The van der Waals surface area contributed by atoms with Crippen molar-refractivity contribution in [3.05, 3.63) is 0 Å².